The number of thiophene rings is 1. The van der Waals surface area contributed by atoms with E-state index in [9.17, 15) is 9.59 Å². The average molecular weight is 357 g/mol. The van der Waals surface area contributed by atoms with E-state index in [-0.39, 0.29) is 17.9 Å². The number of nitrogens with one attached hydrogen (secondary N) is 2. The Hall–Kier alpha value is -2.34. The maximum atomic E-state index is 12.4. The van der Waals surface area contributed by atoms with Gasteiger partial charge in [0.15, 0.2) is 0 Å². The molecule has 0 saturated carbocycles. The lowest BCUT2D eigenvalue weighted by molar-refractivity contribution is -0.126. The number of anilines is 1. The van der Waals surface area contributed by atoms with Crippen molar-refractivity contribution in [3.63, 3.8) is 0 Å². The molecule has 2 aromatic rings. The zero-order valence-corrected chi connectivity index (χ0v) is 14.9. The van der Waals surface area contributed by atoms with Gasteiger partial charge in [0.05, 0.1) is 10.9 Å². The molecular formula is C19H23N3O2S. The monoisotopic (exact) mass is 357 g/mol. The number of carbonyl (C=O) groups is 2. The molecule has 0 radical (unpaired) electrons. The molecule has 2 heterocycles. The molecule has 132 valence electrons. The van der Waals surface area contributed by atoms with Gasteiger partial charge >= 0.3 is 6.03 Å². The van der Waals surface area contributed by atoms with E-state index >= 15 is 0 Å². The van der Waals surface area contributed by atoms with Gasteiger partial charge in [-0.1, -0.05) is 30.3 Å². The molecular weight excluding hydrogens is 334 g/mol. The van der Waals surface area contributed by atoms with E-state index in [0.29, 0.717) is 19.6 Å². The van der Waals surface area contributed by atoms with Crippen LogP contribution in [0.4, 0.5) is 9.80 Å². The van der Waals surface area contributed by atoms with Crippen LogP contribution in [-0.4, -0.2) is 36.5 Å². The van der Waals surface area contributed by atoms with Crippen molar-refractivity contribution in [1.29, 1.82) is 0 Å². The largest absolute Gasteiger partial charge is 0.355 e. The number of likely N-dealkylation sites (tertiary alicyclic amines) is 1. The molecule has 0 spiro atoms. The van der Waals surface area contributed by atoms with Gasteiger partial charge in [-0.3, -0.25) is 10.1 Å². The highest BCUT2D eigenvalue weighted by Gasteiger charge is 2.28. The second-order valence-corrected chi connectivity index (χ2v) is 7.17. The Morgan fingerprint density at radius 2 is 2.00 bits per heavy atom. The number of rotatable bonds is 5. The van der Waals surface area contributed by atoms with Gasteiger partial charge in [-0.2, -0.15) is 0 Å². The van der Waals surface area contributed by atoms with Gasteiger partial charge in [-0.15, -0.1) is 11.3 Å². The summed E-state index contributed by atoms with van der Waals surface area (Å²) in [4.78, 5) is 26.5. The second-order valence-electron chi connectivity index (χ2n) is 6.22. The minimum atomic E-state index is -0.126. The van der Waals surface area contributed by atoms with Gasteiger partial charge in [0, 0.05) is 19.6 Å². The molecule has 1 aromatic heterocycles. The molecule has 1 aliphatic rings. The lowest BCUT2D eigenvalue weighted by Gasteiger charge is -2.31. The zero-order valence-electron chi connectivity index (χ0n) is 14.1. The summed E-state index contributed by atoms with van der Waals surface area (Å²) in [5.41, 5.74) is 1.21. The van der Waals surface area contributed by atoms with Crippen molar-refractivity contribution < 1.29 is 9.59 Å². The molecule has 2 N–H and O–H groups in total. The number of urea groups is 1. The normalized spacial score (nSPS) is 17.1. The number of amides is 3. The summed E-state index contributed by atoms with van der Waals surface area (Å²) in [5, 5.41) is 8.66. The third-order valence-electron chi connectivity index (χ3n) is 4.39. The molecule has 3 amide bonds. The van der Waals surface area contributed by atoms with Gasteiger partial charge in [-0.05, 0) is 42.3 Å². The maximum absolute atomic E-state index is 12.4. The number of hydrogen-bond acceptors (Lipinski definition) is 3. The number of hydrogen-bond donors (Lipinski definition) is 2. The maximum Gasteiger partial charge on any atom is 0.322 e. The molecule has 0 aliphatic carbocycles. The van der Waals surface area contributed by atoms with Gasteiger partial charge < -0.3 is 10.2 Å². The first-order valence-electron chi connectivity index (χ1n) is 8.63. The van der Waals surface area contributed by atoms with Crippen LogP contribution in [0.2, 0.25) is 0 Å². The topological polar surface area (TPSA) is 61.4 Å². The SMILES string of the molecule is O=C(NCCc1ccccc1)C1CCCN(C(=O)Nc2cccs2)C1. The van der Waals surface area contributed by atoms with E-state index in [1.807, 2.05) is 35.7 Å². The average Bonchev–Trinajstić information content (AvgIpc) is 3.15. The highest BCUT2D eigenvalue weighted by Crippen LogP contribution is 2.20. The van der Waals surface area contributed by atoms with E-state index in [1.54, 1.807) is 4.90 Å². The van der Waals surface area contributed by atoms with Crippen LogP contribution in [0.5, 0.6) is 0 Å². The molecule has 0 bridgehead atoms. The smallest absolute Gasteiger partial charge is 0.322 e. The fourth-order valence-electron chi connectivity index (χ4n) is 3.03. The molecule has 1 unspecified atom stereocenters. The van der Waals surface area contributed by atoms with E-state index in [1.165, 1.54) is 16.9 Å². The second kappa shape index (κ2) is 8.67. The van der Waals surface area contributed by atoms with Crippen molar-refractivity contribution >= 4 is 28.3 Å². The van der Waals surface area contributed by atoms with E-state index < -0.39 is 0 Å². The van der Waals surface area contributed by atoms with Crippen molar-refractivity contribution in [3.8, 4) is 0 Å². The Labute approximate surface area is 152 Å². The van der Waals surface area contributed by atoms with Crippen LogP contribution in [0.15, 0.2) is 47.8 Å². The highest BCUT2D eigenvalue weighted by molar-refractivity contribution is 7.14. The first kappa shape index (κ1) is 17.5. The van der Waals surface area contributed by atoms with Crippen LogP contribution in [0, 0.1) is 5.92 Å². The van der Waals surface area contributed by atoms with E-state index in [4.69, 9.17) is 0 Å². The van der Waals surface area contributed by atoms with Crippen LogP contribution in [0.3, 0.4) is 0 Å². The summed E-state index contributed by atoms with van der Waals surface area (Å²) in [6.45, 7) is 1.81. The van der Waals surface area contributed by atoms with Gasteiger partial charge in [0.2, 0.25) is 5.91 Å². The molecule has 1 atom stereocenters. The number of nitrogens with zero attached hydrogens (tertiary/aromatic N) is 1. The lowest BCUT2D eigenvalue weighted by Crippen LogP contribution is -2.47. The Morgan fingerprint density at radius 1 is 1.16 bits per heavy atom. The van der Waals surface area contributed by atoms with Gasteiger partial charge in [0.1, 0.15) is 0 Å². The summed E-state index contributed by atoms with van der Waals surface area (Å²) < 4.78 is 0. The van der Waals surface area contributed by atoms with Gasteiger partial charge in [-0.25, -0.2) is 4.79 Å². The van der Waals surface area contributed by atoms with Crippen LogP contribution in [0.25, 0.3) is 0 Å². The summed E-state index contributed by atoms with van der Waals surface area (Å²) in [5.74, 6) is -0.0804. The number of carbonyl (C=O) groups excluding carboxylic acids is 2. The van der Waals surface area contributed by atoms with Crippen molar-refractivity contribution in [2.24, 2.45) is 5.92 Å². The Kier molecular flexibility index (Phi) is 6.06. The predicted molar refractivity (Wildman–Crippen MR) is 101 cm³/mol. The van der Waals surface area contributed by atoms with E-state index in [0.717, 1.165) is 24.3 Å². The first-order valence-corrected chi connectivity index (χ1v) is 9.51. The summed E-state index contributed by atoms with van der Waals surface area (Å²) in [6.07, 6.45) is 2.51. The van der Waals surface area contributed by atoms with Crippen LogP contribution in [-0.2, 0) is 11.2 Å². The molecule has 1 fully saturated rings. The first-order chi connectivity index (χ1) is 12.2. The van der Waals surface area contributed by atoms with Gasteiger partial charge in [0.25, 0.3) is 0 Å². The van der Waals surface area contributed by atoms with Crippen molar-refractivity contribution in [2.75, 3.05) is 25.0 Å². The number of benzene rings is 1. The molecule has 6 heteroatoms. The Bertz CT molecular complexity index is 688. The summed E-state index contributed by atoms with van der Waals surface area (Å²) >= 11 is 1.49. The molecule has 3 rings (SSSR count). The summed E-state index contributed by atoms with van der Waals surface area (Å²) in [6, 6.07) is 13.8. The minimum absolute atomic E-state index is 0.0459. The standard InChI is InChI=1S/C19H23N3O2S/c23-18(20-11-10-15-6-2-1-3-7-15)16-8-4-12-22(14-16)19(24)21-17-9-5-13-25-17/h1-3,5-7,9,13,16H,4,8,10-12,14H2,(H,20,23)(H,21,24). The highest BCUT2D eigenvalue weighted by atomic mass is 32.1. The quantitative estimate of drug-likeness (QED) is 0.862. The van der Waals surface area contributed by atoms with E-state index in [2.05, 4.69) is 22.8 Å². The molecule has 1 aromatic carbocycles. The third kappa shape index (κ3) is 5.06. The van der Waals surface area contributed by atoms with Crippen molar-refractivity contribution in [1.82, 2.24) is 10.2 Å². The molecule has 25 heavy (non-hydrogen) atoms. The van der Waals surface area contributed by atoms with Crippen LogP contribution in [0.1, 0.15) is 18.4 Å². The minimum Gasteiger partial charge on any atom is -0.355 e. The molecule has 1 saturated heterocycles. The van der Waals surface area contributed by atoms with Crippen LogP contribution >= 0.6 is 11.3 Å². The zero-order chi connectivity index (χ0) is 17.5. The predicted octanol–water partition coefficient (Wildman–Crippen LogP) is 3.35. The summed E-state index contributed by atoms with van der Waals surface area (Å²) in [7, 11) is 0. The van der Waals surface area contributed by atoms with Crippen LogP contribution < -0.4 is 10.6 Å². The molecule has 1 aliphatic heterocycles. The fraction of sp³-hybridized carbons (Fsp3) is 0.368. The van der Waals surface area contributed by atoms with Crippen molar-refractivity contribution in [3.05, 3.63) is 53.4 Å². The fourth-order valence-corrected chi connectivity index (χ4v) is 3.64. The molecule has 5 nitrogen and oxygen atoms in total. The van der Waals surface area contributed by atoms with Crippen molar-refractivity contribution in [2.45, 2.75) is 19.3 Å². The number of piperidine rings is 1. The Morgan fingerprint density at radius 3 is 2.76 bits per heavy atom. The lowest BCUT2D eigenvalue weighted by atomic mass is 9.97. The third-order valence-corrected chi connectivity index (χ3v) is 5.17. The Balaban J connectivity index is 1.45.